The molecule has 0 saturated carbocycles. The minimum atomic E-state index is -0.415. The summed E-state index contributed by atoms with van der Waals surface area (Å²) < 4.78 is 4.75. The summed E-state index contributed by atoms with van der Waals surface area (Å²) in [4.78, 5) is 11.7. The molecule has 4 heteroatoms. The number of hydrogen-bond acceptors (Lipinski definition) is 4. The third kappa shape index (κ3) is 3.04. The maximum Gasteiger partial charge on any atom is 0.340 e. The molecule has 3 N–H and O–H groups in total. The quantitative estimate of drug-likeness (QED) is 0.654. The highest BCUT2D eigenvalue weighted by molar-refractivity contribution is 5.97. The number of ether oxygens (including phenoxy) is 1. The van der Waals surface area contributed by atoms with Crippen molar-refractivity contribution in [3.8, 4) is 0 Å². The lowest BCUT2D eigenvalue weighted by Gasteiger charge is -2.11. The highest BCUT2D eigenvalue weighted by atomic mass is 16.5. The molecule has 2 rings (SSSR count). The van der Waals surface area contributed by atoms with Gasteiger partial charge in [-0.2, -0.15) is 0 Å². The number of nitrogens with one attached hydrogen (secondary N) is 1. The molecule has 0 fully saturated rings. The maximum atomic E-state index is 11.7. The third-order valence-electron chi connectivity index (χ3n) is 2.78. The molecule has 19 heavy (non-hydrogen) atoms. The van der Waals surface area contributed by atoms with Crippen molar-refractivity contribution in [2.45, 2.75) is 6.92 Å². The van der Waals surface area contributed by atoms with Crippen LogP contribution < -0.4 is 11.1 Å². The zero-order chi connectivity index (χ0) is 13.8. The van der Waals surface area contributed by atoms with Crippen LogP contribution in [0.2, 0.25) is 0 Å². The number of carbonyl (C=O) groups is 1. The van der Waals surface area contributed by atoms with E-state index in [1.807, 2.05) is 31.2 Å². The monoisotopic (exact) mass is 256 g/mol. The van der Waals surface area contributed by atoms with E-state index in [0.717, 1.165) is 5.69 Å². The van der Waals surface area contributed by atoms with Crippen LogP contribution in [0.3, 0.4) is 0 Å². The standard InChI is InChI=1S/C15H16N2O2/c1-10-3-6-12(7-4-10)17-14-8-5-11(16)9-13(14)15(18)19-2/h3-9,17H,16H2,1-2H3. The molecule has 0 atom stereocenters. The van der Waals surface area contributed by atoms with E-state index in [4.69, 9.17) is 10.5 Å². The van der Waals surface area contributed by atoms with Crippen molar-refractivity contribution in [2.75, 3.05) is 18.2 Å². The van der Waals surface area contributed by atoms with E-state index in [-0.39, 0.29) is 0 Å². The predicted octanol–water partition coefficient (Wildman–Crippen LogP) is 3.11. The molecule has 2 aromatic rings. The molecule has 0 radical (unpaired) electrons. The van der Waals surface area contributed by atoms with Gasteiger partial charge in [0.1, 0.15) is 0 Å². The Morgan fingerprint density at radius 3 is 2.47 bits per heavy atom. The predicted molar refractivity (Wildman–Crippen MR) is 76.7 cm³/mol. The fraction of sp³-hybridized carbons (Fsp3) is 0.133. The lowest BCUT2D eigenvalue weighted by Crippen LogP contribution is -2.06. The van der Waals surface area contributed by atoms with E-state index < -0.39 is 5.97 Å². The number of hydrogen-bond donors (Lipinski definition) is 2. The number of benzene rings is 2. The zero-order valence-electron chi connectivity index (χ0n) is 10.9. The van der Waals surface area contributed by atoms with Gasteiger partial charge in [-0.1, -0.05) is 17.7 Å². The Morgan fingerprint density at radius 1 is 1.16 bits per heavy atom. The van der Waals surface area contributed by atoms with Gasteiger partial charge in [-0.25, -0.2) is 4.79 Å². The molecule has 0 unspecified atom stereocenters. The van der Waals surface area contributed by atoms with E-state index in [0.29, 0.717) is 16.9 Å². The SMILES string of the molecule is COC(=O)c1cc(N)ccc1Nc1ccc(C)cc1. The summed E-state index contributed by atoms with van der Waals surface area (Å²) in [6.07, 6.45) is 0. The molecule has 0 spiro atoms. The number of anilines is 3. The normalized spacial score (nSPS) is 10.0. The van der Waals surface area contributed by atoms with Crippen LogP contribution in [0.4, 0.5) is 17.1 Å². The van der Waals surface area contributed by atoms with Gasteiger partial charge < -0.3 is 15.8 Å². The van der Waals surface area contributed by atoms with Crippen LogP contribution in [0.5, 0.6) is 0 Å². The number of esters is 1. The van der Waals surface area contributed by atoms with Gasteiger partial charge in [0, 0.05) is 11.4 Å². The smallest absolute Gasteiger partial charge is 0.340 e. The Bertz CT molecular complexity index is 592. The number of nitrogens with two attached hydrogens (primary N) is 1. The first-order chi connectivity index (χ1) is 9.10. The Labute approximate surface area is 112 Å². The van der Waals surface area contributed by atoms with Crippen molar-refractivity contribution in [3.05, 3.63) is 53.6 Å². The summed E-state index contributed by atoms with van der Waals surface area (Å²) in [5, 5.41) is 3.19. The minimum Gasteiger partial charge on any atom is -0.465 e. The number of methoxy groups -OCH3 is 1. The second kappa shape index (κ2) is 5.44. The third-order valence-corrected chi connectivity index (χ3v) is 2.78. The summed E-state index contributed by atoms with van der Waals surface area (Å²) in [7, 11) is 1.35. The van der Waals surface area contributed by atoms with Gasteiger partial charge in [-0.3, -0.25) is 0 Å². The Kier molecular flexibility index (Phi) is 3.71. The first-order valence-corrected chi connectivity index (χ1v) is 5.91. The summed E-state index contributed by atoms with van der Waals surface area (Å²) in [5.74, 6) is -0.415. The molecule has 2 aromatic carbocycles. The fourth-order valence-electron chi connectivity index (χ4n) is 1.74. The van der Waals surface area contributed by atoms with E-state index in [1.165, 1.54) is 12.7 Å². The number of rotatable bonds is 3. The minimum absolute atomic E-state index is 0.415. The second-order valence-corrected chi connectivity index (χ2v) is 4.29. The number of aryl methyl sites for hydroxylation is 1. The van der Waals surface area contributed by atoms with Crippen LogP contribution in [0.15, 0.2) is 42.5 Å². The Balaban J connectivity index is 2.34. The highest BCUT2D eigenvalue weighted by Crippen LogP contribution is 2.24. The fourth-order valence-corrected chi connectivity index (χ4v) is 1.74. The summed E-state index contributed by atoms with van der Waals surface area (Å²) in [6.45, 7) is 2.02. The van der Waals surface area contributed by atoms with Crippen LogP contribution in [0.1, 0.15) is 15.9 Å². The maximum absolute atomic E-state index is 11.7. The van der Waals surface area contributed by atoms with Gasteiger partial charge in [-0.05, 0) is 37.3 Å². The highest BCUT2D eigenvalue weighted by Gasteiger charge is 2.12. The zero-order valence-corrected chi connectivity index (χ0v) is 10.9. The topological polar surface area (TPSA) is 64.3 Å². The molecule has 0 aromatic heterocycles. The first kappa shape index (κ1) is 13.0. The van der Waals surface area contributed by atoms with Gasteiger partial charge in [0.05, 0.1) is 18.4 Å². The van der Waals surface area contributed by atoms with Crippen molar-refractivity contribution in [2.24, 2.45) is 0 Å². The summed E-state index contributed by atoms with van der Waals surface area (Å²) >= 11 is 0. The molecule has 98 valence electrons. The van der Waals surface area contributed by atoms with Crippen LogP contribution in [0, 0.1) is 6.92 Å². The molecule has 0 aliphatic heterocycles. The number of nitrogen functional groups attached to an aromatic ring is 1. The van der Waals surface area contributed by atoms with Crippen LogP contribution in [-0.2, 0) is 4.74 Å². The van der Waals surface area contributed by atoms with Crippen LogP contribution in [-0.4, -0.2) is 13.1 Å². The molecule has 0 heterocycles. The summed E-state index contributed by atoms with van der Waals surface area (Å²) in [5.41, 5.74) is 9.39. The van der Waals surface area contributed by atoms with Crippen molar-refractivity contribution in [3.63, 3.8) is 0 Å². The van der Waals surface area contributed by atoms with E-state index >= 15 is 0 Å². The molecule has 0 amide bonds. The average Bonchev–Trinajstić information content (AvgIpc) is 2.42. The molecular weight excluding hydrogens is 240 g/mol. The Morgan fingerprint density at radius 2 is 1.84 bits per heavy atom. The van der Waals surface area contributed by atoms with Gasteiger partial charge in [-0.15, -0.1) is 0 Å². The molecule has 0 aliphatic rings. The van der Waals surface area contributed by atoms with Crippen LogP contribution in [0.25, 0.3) is 0 Å². The van der Waals surface area contributed by atoms with Crippen molar-refractivity contribution >= 4 is 23.0 Å². The van der Waals surface area contributed by atoms with Crippen LogP contribution >= 0.6 is 0 Å². The lowest BCUT2D eigenvalue weighted by molar-refractivity contribution is 0.0602. The van der Waals surface area contributed by atoms with Gasteiger partial charge >= 0.3 is 5.97 Å². The van der Waals surface area contributed by atoms with Gasteiger partial charge in [0.25, 0.3) is 0 Å². The second-order valence-electron chi connectivity index (χ2n) is 4.29. The molecule has 0 aliphatic carbocycles. The van der Waals surface area contributed by atoms with Crippen molar-refractivity contribution in [1.82, 2.24) is 0 Å². The molecule has 0 saturated heterocycles. The summed E-state index contributed by atoms with van der Waals surface area (Å²) in [6, 6.07) is 13.0. The van der Waals surface area contributed by atoms with Gasteiger partial charge in [0.2, 0.25) is 0 Å². The molecule has 4 nitrogen and oxygen atoms in total. The average molecular weight is 256 g/mol. The van der Waals surface area contributed by atoms with E-state index in [1.54, 1.807) is 18.2 Å². The first-order valence-electron chi connectivity index (χ1n) is 5.91. The molecule has 0 bridgehead atoms. The largest absolute Gasteiger partial charge is 0.465 e. The lowest BCUT2D eigenvalue weighted by atomic mass is 10.1. The van der Waals surface area contributed by atoms with E-state index in [9.17, 15) is 4.79 Å². The van der Waals surface area contributed by atoms with Gasteiger partial charge in [0.15, 0.2) is 0 Å². The van der Waals surface area contributed by atoms with E-state index in [2.05, 4.69) is 5.32 Å². The molecular formula is C15H16N2O2. The number of carbonyl (C=O) groups excluding carboxylic acids is 1. The Hall–Kier alpha value is -2.49. The van der Waals surface area contributed by atoms with Crippen molar-refractivity contribution < 1.29 is 9.53 Å². The van der Waals surface area contributed by atoms with Crippen molar-refractivity contribution in [1.29, 1.82) is 0 Å².